The van der Waals surface area contributed by atoms with Gasteiger partial charge < -0.3 is 53.2 Å². The van der Waals surface area contributed by atoms with Crippen LogP contribution in [0.25, 0.3) is 0 Å². The topological polar surface area (TPSA) is 135 Å². The van der Waals surface area contributed by atoms with Gasteiger partial charge in [-0.3, -0.25) is 0 Å². The number of hydrogen-bond acceptors (Lipinski definition) is 11. The Morgan fingerprint density at radius 1 is 0.362 bits per heavy atom. The molecule has 58 heavy (non-hydrogen) atoms. The van der Waals surface area contributed by atoms with E-state index in [-0.39, 0.29) is 33.0 Å². The molecule has 2 saturated heterocycles. The molecule has 2 aliphatic heterocycles. The Labute approximate surface area is 339 Å². The maximum absolute atomic E-state index is 11.4. The van der Waals surface area contributed by atoms with Gasteiger partial charge in [0.05, 0.1) is 46.2 Å². The number of hydrogen-bond donors (Lipinski definition) is 3. The van der Waals surface area contributed by atoms with Crippen LogP contribution < -0.4 is 0 Å². The Morgan fingerprint density at radius 2 is 0.672 bits per heavy atom. The summed E-state index contributed by atoms with van der Waals surface area (Å²) in [7, 11) is 0. The first-order chi connectivity index (χ1) is 28.6. The number of aliphatic hydroxyl groups excluding tert-OH is 3. The molecule has 0 saturated carbocycles. The zero-order valence-electron chi connectivity index (χ0n) is 32.3. The van der Waals surface area contributed by atoms with E-state index in [2.05, 4.69) is 0 Å². The van der Waals surface area contributed by atoms with Crippen molar-refractivity contribution >= 4 is 0 Å². The molecular formula is C47H52O11. The van der Waals surface area contributed by atoms with Crippen molar-refractivity contribution in [3.05, 3.63) is 179 Å². The summed E-state index contributed by atoms with van der Waals surface area (Å²) in [5.74, 6) is 0. The van der Waals surface area contributed by atoms with Gasteiger partial charge >= 0.3 is 0 Å². The van der Waals surface area contributed by atoms with E-state index in [1.807, 2.05) is 152 Å². The third-order valence-corrected chi connectivity index (χ3v) is 10.3. The molecule has 0 amide bonds. The minimum absolute atomic E-state index is 0.151. The molecule has 2 heterocycles. The minimum atomic E-state index is -1.46. The van der Waals surface area contributed by atoms with E-state index in [4.69, 9.17) is 37.9 Å². The van der Waals surface area contributed by atoms with Crippen molar-refractivity contribution in [1.82, 2.24) is 0 Å². The minimum Gasteiger partial charge on any atom is -0.394 e. The first kappa shape index (κ1) is 41.8. The Hall–Kier alpha value is -4.34. The van der Waals surface area contributed by atoms with Crippen molar-refractivity contribution < 1.29 is 53.2 Å². The molecule has 0 aromatic heterocycles. The molecule has 2 fully saturated rings. The zero-order chi connectivity index (χ0) is 39.9. The largest absolute Gasteiger partial charge is 0.394 e. The van der Waals surface area contributed by atoms with Crippen LogP contribution >= 0.6 is 0 Å². The summed E-state index contributed by atoms with van der Waals surface area (Å²) in [5.41, 5.74) is 4.54. The number of benzene rings is 5. The van der Waals surface area contributed by atoms with Crippen molar-refractivity contribution in [2.75, 3.05) is 13.2 Å². The Balaban J connectivity index is 1.22. The monoisotopic (exact) mass is 792 g/mol. The van der Waals surface area contributed by atoms with Gasteiger partial charge in [0.25, 0.3) is 0 Å². The van der Waals surface area contributed by atoms with Gasteiger partial charge in [0, 0.05) is 0 Å². The summed E-state index contributed by atoms with van der Waals surface area (Å²) in [4.78, 5) is 0. The van der Waals surface area contributed by atoms with Crippen LogP contribution in [0, 0.1) is 0 Å². The molecule has 0 bridgehead atoms. The van der Waals surface area contributed by atoms with Gasteiger partial charge in [0.2, 0.25) is 0 Å². The molecule has 306 valence electrons. The predicted molar refractivity (Wildman–Crippen MR) is 214 cm³/mol. The second kappa shape index (κ2) is 21.6. The van der Waals surface area contributed by atoms with Gasteiger partial charge in [0.15, 0.2) is 12.6 Å². The number of rotatable bonds is 19. The maximum Gasteiger partial charge on any atom is 0.187 e. The molecule has 11 heteroatoms. The summed E-state index contributed by atoms with van der Waals surface area (Å²) in [6.07, 6.45) is -10.2. The quantitative estimate of drug-likeness (QED) is 0.0948. The molecule has 5 aromatic carbocycles. The van der Waals surface area contributed by atoms with Crippen LogP contribution in [0.3, 0.4) is 0 Å². The van der Waals surface area contributed by atoms with Gasteiger partial charge in [-0.05, 0) is 27.8 Å². The van der Waals surface area contributed by atoms with Crippen molar-refractivity contribution in [2.45, 2.75) is 94.4 Å². The highest BCUT2D eigenvalue weighted by molar-refractivity contribution is 5.17. The highest BCUT2D eigenvalue weighted by Crippen LogP contribution is 2.35. The highest BCUT2D eigenvalue weighted by Gasteiger charge is 2.54. The first-order valence-electron chi connectivity index (χ1n) is 19.7. The predicted octanol–water partition coefficient (Wildman–Crippen LogP) is 5.73. The highest BCUT2D eigenvalue weighted by atomic mass is 16.7. The van der Waals surface area contributed by atoms with Crippen LogP contribution in [0.5, 0.6) is 0 Å². The first-order valence-corrected chi connectivity index (χ1v) is 19.7. The fourth-order valence-corrected chi connectivity index (χ4v) is 7.26. The van der Waals surface area contributed by atoms with E-state index in [9.17, 15) is 15.3 Å². The molecule has 0 spiro atoms. The molecule has 0 aliphatic carbocycles. The summed E-state index contributed by atoms with van der Waals surface area (Å²) in [6, 6.07) is 48.4. The van der Waals surface area contributed by atoms with E-state index in [0.29, 0.717) is 0 Å². The summed E-state index contributed by atoms with van der Waals surface area (Å²) in [6.45, 7) is -0.0175. The molecule has 2 aliphatic rings. The lowest BCUT2D eigenvalue weighted by Gasteiger charge is -2.49. The van der Waals surface area contributed by atoms with Crippen molar-refractivity contribution in [3.63, 3.8) is 0 Å². The second-order valence-corrected chi connectivity index (χ2v) is 14.4. The lowest BCUT2D eigenvalue weighted by molar-refractivity contribution is -0.373. The van der Waals surface area contributed by atoms with E-state index in [1.165, 1.54) is 0 Å². The summed E-state index contributed by atoms with van der Waals surface area (Å²) < 4.78 is 52.5. The maximum atomic E-state index is 11.4. The molecule has 1 unspecified atom stereocenters. The third kappa shape index (κ3) is 11.2. The average molecular weight is 793 g/mol. The lowest BCUT2D eigenvalue weighted by atomic mass is 9.96. The number of ether oxygens (including phenoxy) is 8. The van der Waals surface area contributed by atoms with E-state index >= 15 is 0 Å². The molecule has 10 atom stereocenters. The van der Waals surface area contributed by atoms with Crippen LogP contribution in [0.2, 0.25) is 0 Å². The molecule has 7 rings (SSSR count). The van der Waals surface area contributed by atoms with E-state index in [1.54, 1.807) is 0 Å². The molecular weight excluding hydrogens is 741 g/mol. The van der Waals surface area contributed by atoms with Crippen LogP contribution in [0.15, 0.2) is 152 Å². The van der Waals surface area contributed by atoms with Gasteiger partial charge in [-0.15, -0.1) is 0 Å². The smallest absolute Gasteiger partial charge is 0.187 e. The van der Waals surface area contributed by atoms with Gasteiger partial charge in [-0.2, -0.15) is 0 Å². The average Bonchev–Trinajstić information content (AvgIpc) is 3.28. The zero-order valence-corrected chi connectivity index (χ0v) is 32.3. The van der Waals surface area contributed by atoms with Crippen LogP contribution in [-0.4, -0.2) is 89.9 Å². The second-order valence-electron chi connectivity index (χ2n) is 14.4. The lowest BCUT2D eigenvalue weighted by Crippen LogP contribution is -2.66. The summed E-state index contributed by atoms with van der Waals surface area (Å²) >= 11 is 0. The molecule has 5 aromatic rings. The molecule has 3 N–H and O–H groups in total. The van der Waals surface area contributed by atoms with E-state index < -0.39 is 74.6 Å². The Morgan fingerprint density at radius 3 is 1.05 bits per heavy atom. The van der Waals surface area contributed by atoms with Gasteiger partial charge in [0.1, 0.15) is 48.8 Å². The Bertz CT molecular complexity index is 1870. The van der Waals surface area contributed by atoms with Crippen LogP contribution in [0.1, 0.15) is 27.8 Å². The van der Waals surface area contributed by atoms with Gasteiger partial charge in [-0.1, -0.05) is 152 Å². The normalized spacial score (nSPS) is 27.3. The van der Waals surface area contributed by atoms with Crippen molar-refractivity contribution in [1.29, 1.82) is 0 Å². The Kier molecular flexibility index (Phi) is 15.6. The number of aliphatic hydroxyl groups is 3. The van der Waals surface area contributed by atoms with E-state index in [0.717, 1.165) is 27.8 Å². The summed E-state index contributed by atoms with van der Waals surface area (Å²) in [5, 5.41) is 33.0. The van der Waals surface area contributed by atoms with Crippen molar-refractivity contribution in [2.24, 2.45) is 0 Å². The van der Waals surface area contributed by atoms with Crippen LogP contribution in [0.4, 0.5) is 0 Å². The van der Waals surface area contributed by atoms with Gasteiger partial charge in [-0.25, -0.2) is 0 Å². The molecule has 0 radical (unpaired) electrons. The standard InChI is InChI=1S/C47H52O11/c48-26-38-40(51-28-33-16-6-1-7-17-33)42(52-29-34-18-8-2-9-19-34)45(55-32-37-24-14-5-15-25-37)47(57-38)58-41-39(27-49)56-46(50)44(54-31-36-22-12-4-13-23-36)43(41)53-30-35-20-10-3-11-21-35/h1-25,38-50H,26-32H2/t38-,39-,40-,41-,42+,43+,44-,45-,46?,47+/m1/s1. The molecule has 11 nitrogen and oxygen atoms in total. The third-order valence-electron chi connectivity index (χ3n) is 10.3. The fourth-order valence-electron chi connectivity index (χ4n) is 7.26. The fraction of sp³-hybridized carbons (Fsp3) is 0.362. The van der Waals surface area contributed by atoms with Crippen LogP contribution in [-0.2, 0) is 70.9 Å². The van der Waals surface area contributed by atoms with Crippen molar-refractivity contribution in [3.8, 4) is 0 Å². The SMILES string of the molecule is OC[C@H]1O[C@@H](O[C@H]2[C@H](OCc3ccccc3)[C@@H](OCc3ccccc3)C(O)O[C@@H]2CO)[C@H](OCc2ccccc2)[C@@H](OCc2ccccc2)[C@@H]1OCc1ccccc1.